The number of carbonyl (C=O) groups is 1. The second-order valence-electron chi connectivity index (χ2n) is 7.18. The van der Waals surface area contributed by atoms with E-state index in [2.05, 4.69) is 23.1 Å². The van der Waals surface area contributed by atoms with Crippen LogP contribution in [-0.2, 0) is 0 Å². The van der Waals surface area contributed by atoms with E-state index in [1.54, 1.807) is 0 Å². The molecular weight excluding hydrogens is 338 g/mol. The first-order chi connectivity index (χ1) is 13.1. The van der Waals surface area contributed by atoms with Gasteiger partial charge in [0.05, 0.1) is 0 Å². The maximum atomic E-state index is 12.7. The third-order valence-corrected chi connectivity index (χ3v) is 5.05. The van der Waals surface area contributed by atoms with Crippen LogP contribution in [0.2, 0.25) is 0 Å². The molecule has 0 N–H and O–H groups in total. The van der Waals surface area contributed by atoms with Crippen molar-refractivity contribution in [2.24, 2.45) is 0 Å². The molecule has 0 unspecified atom stereocenters. The fourth-order valence-corrected chi connectivity index (χ4v) is 3.57. The number of hydrogen-bond donors (Lipinski definition) is 0. The molecule has 0 bridgehead atoms. The van der Waals surface area contributed by atoms with Gasteiger partial charge in [0.1, 0.15) is 0 Å². The Morgan fingerprint density at radius 1 is 1.04 bits per heavy atom. The normalized spacial score (nSPS) is 14.4. The van der Waals surface area contributed by atoms with Gasteiger partial charge in [0.2, 0.25) is 5.82 Å². The molecule has 2 heterocycles. The Balaban J connectivity index is 1.61. The Kier molecular flexibility index (Phi) is 4.75. The largest absolute Gasteiger partial charge is 0.339 e. The minimum absolute atomic E-state index is 0.0784. The van der Waals surface area contributed by atoms with Crippen LogP contribution in [0.1, 0.15) is 40.7 Å². The molecule has 0 saturated carbocycles. The number of hydrogen-bond acceptors (Lipinski definition) is 4. The van der Waals surface area contributed by atoms with E-state index in [0.717, 1.165) is 42.6 Å². The lowest BCUT2D eigenvalue weighted by Gasteiger charge is -2.26. The Labute approximate surface area is 159 Å². The van der Waals surface area contributed by atoms with Crippen LogP contribution in [0, 0.1) is 13.8 Å². The summed E-state index contributed by atoms with van der Waals surface area (Å²) in [5.41, 5.74) is 4.68. The van der Waals surface area contributed by atoms with E-state index in [0.29, 0.717) is 17.3 Å². The average Bonchev–Trinajstić information content (AvgIpc) is 3.18. The molecule has 2 aromatic carbocycles. The van der Waals surface area contributed by atoms with Gasteiger partial charge in [-0.1, -0.05) is 35.0 Å². The lowest BCUT2D eigenvalue weighted by Crippen LogP contribution is -2.35. The topological polar surface area (TPSA) is 59.2 Å². The average molecular weight is 361 g/mol. The molecule has 27 heavy (non-hydrogen) atoms. The zero-order valence-corrected chi connectivity index (χ0v) is 15.7. The van der Waals surface area contributed by atoms with E-state index in [9.17, 15) is 4.79 Å². The van der Waals surface area contributed by atoms with Crippen molar-refractivity contribution in [3.63, 3.8) is 0 Å². The molecule has 0 atom stereocenters. The van der Waals surface area contributed by atoms with Crippen LogP contribution in [0.4, 0.5) is 0 Å². The summed E-state index contributed by atoms with van der Waals surface area (Å²) < 4.78 is 5.49. The smallest absolute Gasteiger partial charge is 0.258 e. The predicted octanol–water partition coefficient (Wildman–Crippen LogP) is 4.65. The van der Waals surface area contributed by atoms with Crippen molar-refractivity contribution < 1.29 is 9.32 Å². The molecule has 5 heteroatoms. The molecule has 1 fully saturated rings. The van der Waals surface area contributed by atoms with Crippen LogP contribution >= 0.6 is 0 Å². The first-order valence-corrected chi connectivity index (χ1v) is 9.43. The molecule has 0 spiro atoms. The van der Waals surface area contributed by atoms with Crippen LogP contribution in [-0.4, -0.2) is 34.0 Å². The Hall–Kier alpha value is -2.95. The minimum Gasteiger partial charge on any atom is -0.339 e. The van der Waals surface area contributed by atoms with Crippen molar-refractivity contribution >= 4 is 5.91 Å². The molecular formula is C22H23N3O2. The summed E-state index contributed by atoms with van der Waals surface area (Å²) in [6.07, 6.45) is 3.36. The summed E-state index contributed by atoms with van der Waals surface area (Å²) in [4.78, 5) is 19.2. The number of likely N-dealkylation sites (tertiary alicyclic amines) is 1. The van der Waals surface area contributed by atoms with Crippen LogP contribution in [0.5, 0.6) is 0 Å². The lowest BCUT2D eigenvalue weighted by atomic mass is 10.1. The molecule has 1 aromatic heterocycles. The number of aromatic nitrogens is 2. The Bertz CT molecular complexity index is 971. The van der Waals surface area contributed by atoms with Gasteiger partial charge in [-0.05, 0) is 56.9 Å². The number of aryl methyl sites for hydroxylation is 2. The van der Waals surface area contributed by atoms with Gasteiger partial charge in [-0.15, -0.1) is 0 Å². The summed E-state index contributed by atoms with van der Waals surface area (Å²) in [6, 6.07) is 13.6. The fraction of sp³-hybridized carbons (Fsp3) is 0.318. The van der Waals surface area contributed by atoms with Crippen molar-refractivity contribution in [1.29, 1.82) is 0 Å². The Morgan fingerprint density at radius 3 is 2.63 bits per heavy atom. The van der Waals surface area contributed by atoms with E-state index >= 15 is 0 Å². The zero-order chi connectivity index (χ0) is 18.8. The van der Waals surface area contributed by atoms with E-state index in [1.165, 1.54) is 12.0 Å². The molecule has 1 amide bonds. The minimum atomic E-state index is 0.0784. The van der Waals surface area contributed by atoms with Gasteiger partial charge in [-0.2, -0.15) is 4.98 Å². The number of piperidine rings is 1. The maximum absolute atomic E-state index is 12.7. The molecule has 5 nitrogen and oxygen atoms in total. The van der Waals surface area contributed by atoms with Gasteiger partial charge in [0.25, 0.3) is 11.8 Å². The fourth-order valence-electron chi connectivity index (χ4n) is 3.57. The number of rotatable bonds is 3. The first kappa shape index (κ1) is 17.5. The van der Waals surface area contributed by atoms with Gasteiger partial charge >= 0.3 is 0 Å². The highest BCUT2D eigenvalue weighted by Gasteiger charge is 2.19. The zero-order valence-electron chi connectivity index (χ0n) is 15.7. The second-order valence-corrected chi connectivity index (χ2v) is 7.18. The van der Waals surface area contributed by atoms with Gasteiger partial charge in [0, 0.05) is 29.8 Å². The monoisotopic (exact) mass is 361 g/mol. The molecule has 4 rings (SSSR count). The maximum Gasteiger partial charge on any atom is 0.258 e. The highest BCUT2D eigenvalue weighted by molar-refractivity contribution is 5.95. The van der Waals surface area contributed by atoms with Crippen LogP contribution in [0.25, 0.3) is 22.8 Å². The van der Waals surface area contributed by atoms with Crippen molar-refractivity contribution in [2.75, 3.05) is 13.1 Å². The molecule has 1 aliphatic heterocycles. The van der Waals surface area contributed by atoms with Gasteiger partial charge in [0.15, 0.2) is 0 Å². The SMILES string of the molecule is Cc1ccc(-c2nc(-c3cccc(C(=O)N4CCCCC4)c3)no2)c(C)c1. The number of amides is 1. The molecule has 1 saturated heterocycles. The van der Waals surface area contributed by atoms with Gasteiger partial charge < -0.3 is 9.42 Å². The summed E-state index contributed by atoms with van der Waals surface area (Å²) >= 11 is 0. The highest BCUT2D eigenvalue weighted by Crippen LogP contribution is 2.26. The van der Waals surface area contributed by atoms with Crippen LogP contribution in [0.3, 0.4) is 0 Å². The second kappa shape index (κ2) is 7.35. The first-order valence-electron chi connectivity index (χ1n) is 9.43. The summed E-state index contributed by atoms with van der Waals surface area (Å²) in [7, 11) is 0. The van der Waals surface area contributed by atoms with Crippen molar-refractivity contribution in [1.82, 2.24) is 15.0 Å². The van der Waals surface area contributed by atoms with Gasteiger partial charge in [-0.3, -0.25) is 4.79 Å². The lowest BCUT2D eigenvalue weighted by molar-refractivity contribution is 0.0724. The summed E-state index contributed by atoms with van der Waals surface area (Å²) in [5.74, 6) is 1.07. The van der Waals surface area contributed by atoms with Gasteiger partial charge in [-0.25, -0.2) is 0 Å². The third kappa shape index (κ3) is 3.63. The predicted molar refractivity (Wildman–Crippen MR) is 104 cm³/mol. The van der Waals surface area contributed by atoms with Crippen molar-refractivity contribution in [3.8, 4) is 22.8 Å². The molecule has 0 aliphatic carbocycles. The molecule has 0 radical (unpaired) electrons. The van der Waals surface area contributed by atoms with Crippen LogP contribution < -0.4 is 0 Å². The van der Waals surface area contributed by atoms with Crippen LogP contribution in [0.15, 0.2) is 47.0 Å². The van der Waals surface area contributed by atoms with Crippen molar-refractivity contribution in [3.05, 3.63) is 59.2 Å². The van der Waals surface area contributed by atoms with E-state index < -0.39 is 0 Å². The Morgan fingerprint density at radius 2 is 1.85 bits per heavy atom. The van der Waals surface area contributed by atoms with E-state index in [4.69, 9.17) is 4.52 Å². The highest BCUT2D eigenvalue weighted by atomic mass is 16.5. The number of nitrogens with zero attached hydrogens (tertiary/aromatic N) is 3. The third-order valence-electron chi connectivity index (χ3n) is 5.05. The number of carbonyl (C=O) groups excluding carboxylic acids is 1. The summed E-state index contributed by atoms with van der Waals surface area (Å²) in [6.45, 7) is 5.76. The van der Waals surface area contributed by atoms with E-state index in [1.807, 2.05) is 48.2 Å². The molecule has 3 aromatic rings. The van der Waals surface area contributed by atoms with E-state index in [-0.39, 0.29) is 5.91 Å². The quantitative estimate of drug-likeness (QED) is 0.681. The van der Waals surface area contributed by atoms with Crippen molar-refractivity contribution in [2.45, 2.75) is 33.1 Å². The standard InChI is InChI=1S/C22H23N3O2/c1-15-9-10-19(16(2)13-15)21-23-20(24-27-21)17-7-6-8-18(14-17)22(26)25-11-4-3-5-12-25/h6-10,13-14H,3-5,11-12H2,1-2H3. The molecule has 138 valence electrons. The number of benzene rings is 2. The summed E-state index contributed by atoms with van der Waals surface area (Å²) in [5, 5.41) is 4.13. The molecule has 1 aliphatic rings.